The largest absolute Gasteiger partial charge is 0.394 e. The molecule has 20 heavy (non-hydrogen) atoms. The second-order valence-electron chi connectivity index (χ2n) is 7.70. The van der Waals surface area contributed by atoms with Crippen LogP contribution in [-0.4, -0.2) is 47.8 Å². The summed E-state index contributed by atoms with van der Waals surface area (Å²) in [7, 11) is 2.31. The minimum Gasteiger partial charge on any atom is -0.394 e. The van der Waals surface area contributed by atoms with E-state index >= 15 is 0 Å². The number of hydrogen-bond acceptors (Lipinski definition) is 3. The highest BCUT2D eigenvalue weighted by Crippen LogP contribution is 2.36. The smallest absolute Gasteiger partial charge is 0.0614 e. The molecule has 3 heteroatoms. The van der Waals surface area contributed by atoms with E-state index in [-0.39, 0.29) is 5.54 Å². The van der Waals surface area contributed by atoms with E-state index in [2.05, 4.69) is 17.3 Å². The van der Waals surface area contributed by atoms with Gasteiger partial charge in [-0.25, -0.2) is 0 Å². The molecular weight excluding hydrogens is 248 g/mol. The molecule has 0 aromatic carbocycles. The lowest BCUT2D eigenvalue weighted by Gasteiger charge is -2.33. The zero-order chi connectivity index (χ0) is 14.0. The molecule has 0 aliphatic heterocycles. The molecule has 0 heterocycles. The first-order chi connectivity index (χ1) is 9.71. The van der Waals surface area contributed by atoms with Gasteiger partial charge in [-0.15, -0.1) is 0 Å². The molecule has 0 bridgehead atoms. The molecule has 3 aliphatic carbocycles. The third-order valence-corrected chi connectivity index (χ3v) is 5.87. The molecule has 0 saturated heterocycles. The molecule has 3 nitrogen and oxygen atoms in total. The third kappa shape index (κ3) is 3.55. The van der Waals surface area contributed by atoms with E-state index in [4.69, 9.17) is 0 Å². The summed E-state index contributed by atoms with van der Waals surface area (Å²) in [5.41, 5.74) is 0.0344. The second-order valence-corrected chi connectivity index (χ2v) is 7.70. The van der Waals surface area contributed by atoms with Gasteiger partial charge in [0, 0.05) is 24.2 Å². The molecule has 0 spiro atoms. The zero-order valence-electron chi connectivity index (χ0n) is 13.1. The van der Waals surface area contributed by atoms with E-state index in [1.54, 1.807) is 0 Å². The molecule has 2 N–H and O–H groups in total. The summed E-state index contributed by atoms with van der Waals surface area (Å²) in [6.45, 7) is 1.59. The fourth-order valence-corrected chi connectivity index (χ4v) is 4.38. The molecule has 2 atom stereocenters. The van der Waals surface area contributed by atoms with Crippen LogP contribution in [0.15, 0.2) is 0 Å². The van der Waals surface area contributed by atoms with Gasteiger partial charge in [0.25, 0.3) is 0 Å². The summed E-state index contributed by atoms with van der Waals surface area (Å²) in [4.78, 5) is 2.60. The number of nitrogens with zero attached hydrogens (tertiary/aromatic N) is 1. The summed E-state index contributed by atoms with van der Waals surface area (Å²) in [6, 6.07) is 1.37. The maximum atomic E-state index is 9.83. The molecule has 0 aromatic rings. The van der Waals surface area contributed by atoms with Crippen LogP contribution < -0.4 is 5.32 Å². The molecule has 3 aliphatic rings. The van der Waals surface area contributed by atoms with E-state index in [9.17, 15) is 5.11 Å². The Hall–Kier alpha value is -0.120. The van der Waals surface area contributed by atoms with Gasteiger partial charge in [-0.1, -0.05) is 19.3 Å². The topological polar surface area (TPSA) is 35.5 Å². The van der Waals surface area contributed by atoms with Crippen molar-refractivity contribution in [1.29, 1.82) is 0 Å². The Labute approximate surface area is 124 Å². The summed E-state index contributed by atoms with van der Waals surface area (Å²) in [5.74, 6) is 0.925. The van der Waals surface area contributed by atoms with Crippen LogP contribution in [-0.2, 0) is 0 Å². The summed E-state index contributed by atoms with van der Waals surface area (Å²) >= 11 is 0. The van der Waals surface area contributed by atoms with Crippen molar-refractivity contribution in [3.8, 4) is 0 Å². The van der Waals surface area contributed by atoms with Crippen molar-refractivity contribution in [2.45, 2.75) is 81.8 Å². The second kappa shape index (κ2) is 6.33. The fourth-order valence-electron chi connectivity index (χ4n) is 4.38. The normalized spacial score (nSPS) is 35.9. The van der Waals surface area contributed by atoms with Gasteiger partial charge in [-0.3, -0.25) is 0 Å². The summed E-state index contributed by atoms with van der Waals surface area (Å²) < 4.78 is 0. The molecule has 2 unspecified atom stereocenters. The van der Waals surface area contributed by atoms with Crippen molar-refractivity contribution in [1.82, 2.24) is 10.2 Å². The van der Waals surface area contributed by atoms with Crippen LogP contribution in [0.3, 0.4) is 0 Å². The van der Waals surface area contributed by atoms with Crippen LogP contribution >= 0.6 is 0 Å². The van der Waals surface area contributed by atoms with Gasteiger partial charge in [0.15, 0.2) is 0 Å². The maximum Gasteiger partial charge on any atom is 0.0614 e. The lowest BCUT2D eigenvalue weighted by Crippen LogP contribution is -2.49. The van der Waals surface area contributed by atoms with Gasteiger partial charge in [0.1, 0.15) is 0 Å². The first-order valence-corrected chi connectivity index (χ1v) is 8.79. The van der Waals surface area contributed by atoms with Crippen molar-refractivity contribution in [2.24, 2.45) is 5.92 Å². The summed E-state index contributed by atoms with van der Waals surface area (Å²) in [5, 5.41) is 13.6. The lowest BCUT2D eigenvalue weighted by atomic mass is 9.88. The van der Waals surface area contributed by atoms with Crippen molar-refractivity contribution in [3.05, 3.63) is 0 Å². The Bertz CT molecular complexity index is 312. The molecule has 0 aromatic heterocycles. The van der Waals surface area contributed by atoms with Gasteiger partial charge in [-0.2, -0.15) is 0 Å². The van der Waals surface area contributed by atoms with Gasteiger partial charge in [0.05, 0.1) is 6.61 Å². The highest BCUT2D eigenvalue weighted by Gasteiger charge is 2.43. The van der Waals surface area contributed by atoms with Crippen molar-refractivity contribution >= 4 is 0 Å². The van der Waals surface area contributed by atoms with Crippen LogP contribution in [0.5, 0.6) is 0 Å². The Morgan fingerprint density at radius 1 is 1.10 bits per heavy atom. The predicted octanol–water partition coefficient (Wildman–Crippen LogP) is 2.53. The minimum atomic E-state index is 0.0344. The summed E-state index contributed by atoms with van der Waals surface area (Å²) in [6.07, 6.45) is 13.4. The molecule has 3 rings (SSSR count). The number of aliphatic hydroxyl groups excluding tert-OH is 1. The Morgan fingerprint density at radius 3 is 2.50 bits per heavy atom. The highest BCUT2D eigenvalue weighted by atomic mass is 16.3. The van der Waals surface area contributed by atoms with Crippen LogP contribution in [0.1, 0.15) is 64.2 Å². The van der Waals surface area contributed by atoms with E-state index in [1.165, 1.54) is 57.9 Å². The lowest BCUT2D eigenvalue weighted by molar-refractivity contribution is 0.139. The third-order valence-electron chi connectivity index (χ3n) is 5.87. The SMILES string of the molecule is CN(CC1CCCCC1)C1CCC(CO)(NC2CC2)C1. The maximum absolute atomic E-state index is 9.83. The van der Waals surface area contributed by atoms with Crippen LogP contribution in [0, 0.1) is 5.92 Å². The zero-order valence-corrected chi connectivity index (χ0v) is 13.1. The van der Waals surface area contributed by atoms with Crippen molar-refractivity contribution in [2.75, 3.05) is 20.2 Å². The quantitative estimate of drug-likeness (QED) is 0.785. The van der Waals surface area contributed by atoms with E-state index in [0.29, 0.717) is 18.7 Å². The van der Waals surface area contributed by atoms with Crippen molar-refractivity contribution in [3.63, 3.8) is 0 Å². The number of hydrogen-bond donors (Lipinski definition) is 2. The van der Waals surface area contributed by atoms with E-state index in [0.717, 1.165) is 18.8 Å². The molecule has 3 saturated carbocycles. The minimum absolute atomic E-state index is 0.0344. The predicted molar refractivity (Wildman–Crippen MR) is 82.8 cm³/mol. The van der Waals surface area contributed by atoms with Crippen LogP contribution in [0.25, 0.3) is 0 Å². The van der Waals surface area contributed by atoms with E-state index < -0.39 is 0 Å². The molecular formula is C17H32N2O. The number of nitrogens with one attached hydrogen (secondary N) is 1. The van der Waals surface area contributed by atoms with Crippen LogP contribution in [0.2, 0.25) is 0 Å². The Kier molecular flexibility index (Phi) is 4.68. The monoisotopic (exact) mass is 280 g/mol. The van der Waals surface area contributed by atoms with Crippen molar-refractivity contribution < 1.29 is 5.11 Å². The van der Waals surface area contributed by atoms with Gasteiger partial charge >= 0.3 is 0 Å². The Morgan fingerprint density at radius 2 is 1.85 bits per heavy atom. The number of aliphatic hydroxyl groups is 1. The average Bonchev–Trinajstić information content (AvgIpc) is 3.17. The Balaban J connectivity index is 1.49. The first kappa shape index (κ1) is 14.8. The fraction of sp³-hybridized carbons (Fsp3) is 1.00. The molecule has 116 valence electrons. The van der Waals surface area contributed by atoms with Gasteiger partial charge in [-0.05, 0) is 57.9 Å². The molecule has 0 radical (unpaired) electrons. The van der Waals surface area contributed by atoms with Crippen LogP contribution in [0.4, 0.5) is 0 Å². The first-order valence-electron chi connectivity index (χ1n) is 8.79. The number of rotatable bonds is 6. The molecule has 3 fully saturated rings. The average molecular weight is 280 g/mol. The van der Waals surface area contributed by atoms with E-state index in [1.807, 2.05) is 0 Å². The highest BCUT2D eigenvalue weighted by molar-refractivity contribution is 5.02. The van der Waals surface area contributed by atoms with Gasteiger partial charge in [0.2, 0.25) is 0 Å². The molecule has 0 amide bonds. The standard InChI is InChI=1S/C17H32N2O/c1-19(12-14-5-3-2-4-6-14)16-9-10-17(11-16,13-20)18-15-7-8-15/h14-16,18,20H,2-13H2,1H3. The van der Waals surface area contributed by atoms with Gasteiger partial charge < -0.3 is 15.3 Å².